The van der Waals surface area contributed by atoms with Gasteiger partial charge in [0.25, 0.3) is 5.91 Å². The second kappa shape index (κ2) is 9.87. The number of benzene rings is 1. The summed E-state index contributed by atoms with van der Waals surface area (Å²) in [6.45, 7) is 0.872. The van der Waals surface area contributed by atoms with E-state index in [1.807, 2.05) is 42.5 Å². The highest BCUT2D eigenvalue weighted by Crippen LogP contribution is 2.44. The zero-order valence-corrected chi connectivity index (χ0v) is 21.6. The smallest absolute Gasteiger partial charge is 0.254 e. The van der Waals surface area contributed by atoms with Crippen molar-refractivity contribution in [2.24, 2.45) is 0 Å². The molecule has 0 aliphatic carbocycles. The Morgan fingerprint density at radius 3 is 2.38 bits per heavy atom. The maximum atomic E-state index is 12.8. The number of carbonyl (C=O) groups excluding carboxylic acids is 2. The van der Waals surface area contributed by atoms with E-state index in [0.29, 0.717) is 29.7 Å². The summed E-state index contributed by atoms with van der Waals surface area (Å²) in [6, 6.07) is 13.6. The van der Waals surface area contributed by atoms with E-state index in [1.165, 1.54) is 11.4 Å². The van der Waals surface area contributed by atoms with Crippen molar-refractivity contribution in [3.05, 3.63) is 66.1 Å². The number of hydrogen-bond donors (Lipinski definition) is 3. The Morgan fingerprint density at radius 2 is 1.77 bits per heavy atom. The normalized spacial score (nSPS) is 21.3. The standard InChI is InChI=1S/C29H30N6O4/c1-16(37)25-26(19-11-20-8-9-21(12-19)34(20)29(39)24(38)15-36)33-28-22(14-32-35(28)27(25)30)18-7-10-23(31-13-18)17-5-3-2-4-6-17/h2-7,10,13-14,19-21,24,36,38H,8-9,11-12,15,30H2,1H3/t19?,20?,21?,24-/m1/s1. The molecule has 3 atom stereocenters. The topological polar surface area (TPSA) is 147 Å². The van der Waals surface area contributed by atoms with Crippen LogP contribution < -0.4 is 5.73 Å². The third-order valence-corrected chi connectivity index (χ3v) is 8.04. The lowest BCUT2D eigenvalue weighted by atomic mass is 9.85. The summed E-state index contributed by atoms with van der Waals surface area (Å²) in [5, 5.41) is 23.7. The molecule has 10 nitrogen and oxygen atoms in total. The summed E-state index contributed by atoms with van der Waals surface area (Å²) in [7, 11) is 0. The number of nitrogens with two attached hydrogens (primary N) is 1. The van der Waals surface area contributed by atoms with Crippen LogP contribution in [0.15, 0.2) is 54.9 Å². The molecule has 2 bridgehead atoms. The molecule has 2 fully saturated rings. The Labute approximate surface area is 225 Å². The number of hydrogen-bond acceptors (Lipinski definition) is 8. The van der Waals surface area contributed by atoms with Crippen molar-refractivity contribution >= 4 is 23.2 Å². The molecule has 6 rings (SSSR count). The zero-order valence-electron chi connectivity index (χ0n) is 21.6. The van der Waals surface area contributed by atoms with Gasteiger partial charge in [-0.2, -0.15) is 9.61 Å². The maximum Gasteiger partial charge on any atom is 0.254 e. The van der Waals surface area contributed by atoms with Gasteiger partial charge in [0.05, 0.1) is 29.8 Å². The fourth-order valence-electron chi connectivity index (χ4n) is 6.24. The van der Waals surface area contributed by atoms with E-state index in [2.05, 4.69) is 10.1 Å². The number of anilines is 1. The summed E-state index contributed by atoms with van der Waals surface area (Å²) in [5.74, 6) is -0.485. The second-order valence-corrected chi connectivity index (χ2v) is 10.4. The van der Waals surface area contributed by atoms with E-state index < -0.39 is 18.6 Å². The minimum Gasteiger partial charge on any atom is -0.393 e. The molecule has 0 saturated carbocycles. The van der Waals surface area contributed by atoms with Crippen LogP contribution in [0.3, 0.4) is 0 Å². The van der Waals surface area contributed by atoms with Crippen molar-refractivity contribution < 1.29 is 19.8 Å². The van der Waals surface area contributed by atoms with Crippen LogP contribution in [0.5, 0.6) is 0 Å². The van der Waals surface area contributed by atoms with Crippen LogP contribution in [0.2, 0.25) is 0 Å². The van der Waals surface area contributed by atoms with Crippen LogP contribution in [0.25, 0.3) is 28.0 Å². The molecular weight excluding hydrogens is 496 g/mol. The molecule has 4 aromatic rings. The van der Waals surface area contributed by atoms with Crippen molar-refractivity contribution in [3.63, 3.8) is 0 Å². The highest BCUT2D eigenvalue weighted by molar-refractivity contribution is 6.00. The molecule has 2 saturated heterocycles. The number of pyridine rings is 1. The summed E-state index contributed by atoms with van der Waals surface area (Å²) in [6.07, 6.45) is 4.85. The largest absolute Gasteiger partial charge is 0.393 e. The van der Waals surface area contributed by atoms with Gasteiger partial charge < -0.3 is 20.8 Å². The van der Waals surface area contributed by atoms with E-state index in [-0.39, 0.29) is 29.6 Å². The minimum atomic E-state index is -1.42. The predicted octanol–water partition coefficient (Wildman–Crippen LogP) is 2.83. The Balaban J connectivity index is 1.38. The highest BCUT2D eigenvalue weighted by atomic mass is 16.3. The molecule has 0 radical (unpaired) electrons. The minimum absolute atomic E-state index is 0.0923. The molecule has 2 unspecified atom stereocenters. The lowest BCUT2D eigenvalue weighted by Gasteiger charge is -2.40. The Bertz CT molecular complexity index is 1540. The summed E-state index contributed by atoms with van der Waals surface area (Å²) >= 11 is 0. The number of aromatic nitrogens is 4. The van der Waals surface area contributed by atoms with E-state index in [4.69, 9.17) is 10.7 Å². The molecule has 200 valence electrons. The van der Waals surface area contributed by atoms with Gasteiger partial charge in [0, 0.05) is 40.9 Å². The van der Waals surface area contributed by atoms with Gasteiger partial charge in [0.2, 0.25) is 0 Å². The second-order valence-electron chi connectivity index (χ2n) is 10.4. The first-order chi connectivity index (χ1) is 18.9. The van der Waals surface area contributed by atoms with Crippen LogP contribution in [0, 0.1) is 0 Å². The summed E-state index contributed by atoms with van der Waals surface area (Å²) < 4.78 is 1.51. The first-order valence-electron chi connectivity index (χ1n) is 13.2. The molecule has 3 aromatic heterocycles. The zero-order chi connectivity index (χ0) is 27.3. The monoisotopic (exact) mass is 526 g/mol. The van der Waals surface area contributed by atoms with Crippen LogP contribution in [-0.4, -0.2) is 71.2 Å². The lowest BCUT2D eigenvalue weighted by Crippen LogP contribution is -2.51. The number of nitrogens with zero attached hydrogens (tertiary/aromatic N) is 5. The molecule has 0 spiro atoms. The van der Waals surface area contributed by atoms with Crippen LogP contribution in [0.4, 0.5) is 5.82 Å². The first kappa shape index (κ1) is 25.1. The van der Waals surface area contributed by atoms with Gasteiger partial charge in [0.1, 0.15) is 5.82 Å². The van der Waals surface area contributed by atoms with Gasteiger partial charge in [-0.3, -0.25) is 14.6 Å². The molecule has 4 N–H and O–H groups in total. The average Bonchev–Trinajstić information content (AvgIpc) is 3.50. The molecule has 2 aliphatic rings. The summed E-state index contributed by atoms with van der Waals surface area (Å²) in [5.41, 5.74) is 11.5. The van der Waals surface area contributed by atoms with E-state index in [0.717, 1.165) is 35.2 Å². The number of amides is 1. The third-order valence-electron chi connectivity index (χ3n) is 8.04. The molecule has 39 heavy (non-hydrogen) atoms. The lowest BCUT2D eigenvalue weighted by molar-refractivity contribution is -0.147. The van der Waals surface area contributed by atoms with Crippen molar-refractivity contribution in [2.45, 2.75) is 56.7 Å². The van der Waals surface area contributed by atoms with Gasteiger partial charge in [-0.15, -0.1) is 0 Å². The number of fused-ring (bicyclic) bond motifs is 3. The number of aliphatic hydroxyl groups excluding tert-OH is 2. The molecule has 1 amide bonds. The van der Waals surface area contributed by atoms with Crippen LogP contribution in [0.1, 0.15) is 54.6 Å². The third kappa shape index (κ3) is 4.25. The number of piperidine rings is 1. The predicted molar refractivity (Wildman–Crippen MR) is 145 cm³/mol. The Hall–Kier alpha value is -4.15. The number of carbonyl (C=O) groups is 2. The van der Waals surface area contributed by atoms with E-state index in [9.17, 15) is 19.8 Å². The Kier molecular flexibility index (Phi) is 6.36. The number of aliphatic hydroxyl groups is 2. The number of ketones is 1. The van der Waals surface area contributed by atoms with Gasteiger partial charge in [-0.25, -0.2) is 4.98 Å². The van der Waals surface area contributed by atoms with Gasteiger partial charge >= 0.3 is 0 Å². The van der Waals surface area contributed by atoms with Crippen molar-refractivity contribution in [1.29, 1.82) is 0 Å². The van der Waals surface area contributed by atoms with Gasteiger partial charge in [-0.05, 0) is 38.7 Å². The van der Waals surface area contributed by atoms with E-state index in [1.54, 1.807) is 17.3 Å². The highest BCUT2D eigenvalue weighted by Gasteiger charge is 2.46. The molecular formula is C29H30N6O4. The van der Waals surface area contributed by atoms with Crippen molar-refractivity contribution in [1.82, 2.24) is 24.5 Å². The number of nitrogen functional groups attached to an aromatic ring is 1. The maximum absolute atomic E-state index is 12.8. The van der Waals surface area contributed by atoms with Crippen LogP contribution >= 0.6 is 0 Å². The number of Topliss-reactive ketones (excluding diaryl/α,β-unsaturated/α-hetero) is 1. The fourth-order valence-corrected chi connectivity index (χ4v) is 6.24. The molecule has 2 aliphatic heterocycles. The van der Waals surface area contributed by atoms with Gasteiger partial charge in [0.15, 0.2) is 17.5 Å². The summed E-state index contributed by atoms with van der Waals surface area (Å²) in [4.78, 5) is 36.9. The molecule has 1 aromatic carbocycles. The fraction of sp³-hybridized carbons (Fsp3) is 0.345. The average molecular weight is 527 g/mol. The quantitative estimate of drug-likeness (QED) is 0.325. The van der Waals surface area contributed by atoms with E-state index >= 15 is 0 Å². The van der Waals surface area contributed by atoms with Crippen molar-refractivity contribution in [3.8, 4) is 22.4 Å². The first-order valence-corrected chi connectivity index (χ1v) is 13.2. The van der Waals surface area contributed by atoms with Gasteiger partial charge in [-0.1, -0.05) is 36.4 Å². The molecule has 5 heterocycles. The van der Waals surface area contributed by atoms with Crippen LogP contribution in [-0.2, 0) is 4.79 Å². The Morgan fingerprint density at radius 1 is 1.05 bits per heavy atom. The molecule has 10 heteroatoms. The number of rotatable bonds is 6. The SMILES string of the molecule is CC(=O)c1c(C2CC3CCC(C2)N3C(=O)[C@H](O)CO)nc2c(-c3ccc(-c4ccccc4)nc3)cnn2c1N. The van der Waals surface area contributed by atoms with Crippen molar-refractivity contribution in [2.75, 3.05) is 12.3 Å².